The van der Waals surface area contributed by atoms with Gasteiger partial charge < -0.3 is 20.1 Å². The third kappa shape index (κ3) is 5.08. The predicted octanol–water partition coefficient (Wildman–Crippen LogP) is 5.51. The van der Waals surface area contributed by atoms with Gasteiger partial charge in [0, 0.05) is 72.1 Å². The van der Waals surface area contributed by atoms with Gasteiger partial charge in [-0.3, -0.25) is 4.90 Å². The molecule has 46 heavy (non-hydrogen) atoms. The summed E-state index contributed by atoms with van der Waals surface area (Å²) in [6, 6.07) is 9.60. The monoisotopic (exact) mass is 631 g/mol. The van der Waals surface area contributed by atoms with Gasteiger partial charge in [0.25, 0.3) is 0 Å². The molecule has 2 bridgehead atoms. The highest BCUT2D eigenvalue weighted by Crippen LogP contribution is 2.47. The van der Waals surface area contributed by atoms with Gasteiger partial charge in [-0.2, -0.15) is 9.97 Å². The maximum atomic E-state index is 16.8. The number of phenols is 1. The Morgan fingerprint density at radius 1 is 1.02 bits per heavy atom. The van der Waals surface area contributed by atoms with E-state index in [0.29, 0.717) is 41.8 Å². The van der Waals surface area contributed by atoms with Crippen LogP contribution in [0.15, 0.2) is 36.4 Å². The van der Waals surface area contributed by atoms with Crippen LogP contribution >= 0.6 is 0 Å². The Morgan fingerprint density at radius 2 is 1.76 bits per heavy atom. The zero-order valence-corrected chi connectivity index (χ0v) is 25.1. The number of phenolic OH excluding ortho intramolecular Hbond substituents is 1. The number of likely N-dealkylation sites (tertiary alicyclic amines) is 1. The molecule has 3 aliphatic heterocycles. The first kappa shape index (κ1) is 29.3. The molecule has 1 saturated carbocycles. The fourth-order valence-corrected chi connectivity index (χ4v) is 7.55. The normalized spacial score (nSPS) is 25.3. The zero-order valence-electron chi connectivity index (χ0n) is 25.1. The van der Waals surface area contributed by atoms with Gasteiger partial charge in [-0.25, -0.2) is 17.6 Å². The Bertz CT molecular complexity index is 1890. The van der Waals surface area contributed by atoms with Crippen molar-refractivity contribution < 1.29 is 27.4 Å². The van der Waals surface area contributed by atoms with Gasteiger partial charge in [-0.1, -0.05) is 18.1 Å². The van der Waals surface area contributed by atoms with E-state index in [4.69, 9.17) is 16.1 Å². The Morgan fingerprint density at radius 3 is 2.46 bits per heavy atom. The number of benzene rings is 3. The number of nitrogens with zero attached hydrogens (tertiary/aromatic N) is 4. The first-order valence-electron chi connectivity index (χ1n) is 15.8. The molecule has 4 fully saturated rings. The van der Waals surface area contributed by atoms with Crippen molar-refractivity contribution in [3.8, 4) is 35.2 Å². The lowest BCUT2D eigenvalue weighted by molar-refractivity contribution is 0.164. The molecule has 4 aliphatic rings. The first-order chi connectivity index (χ1) is 22.2. The SMILES string of the molecule is C#Cc1cccc2cc(O)cc(-c3c(F)cc4c(N5CC6CCC(C5)N6)nc(OCC5(CN6C[C@H](F)[C@@H](F)C6)CC5)nc4c3F)c12. The second kappa shape index (κ2) is 11.0. The fourth-order valence-electron chi connectivity index (χ4n) is 7.55. The van der Waals surface area contributed by atoms with Crippen LogP contribution in [-0.2, 0) is 0 Å². The lowest BCUT2D eigenvalue weighted by Gasteiger charge is -2.34. The molecule has 3 saturated heterocycles. The average Bonchev–Trinajstić information content (AvgIpc) is 3.61. The van der Waals surface area contributed by atoms with Gasteiger partial charge in [-0.15, -0.1) is 6.42 Å². The Balaban J connectivity index is 1.22. The average molecular weight is 632 g/mol. The molecule has 1 aliphatic carbocycles. The number of alkyl halides is 2. The third-order valence-electron chi connectivity index (χ3n) is 10.0. The number of hydrogen-bond acceptors (Lipinski definition) is 7. The molecule has 11 heteroatoms. The first-order valence-corrected chi connectivity index (χ1v) is 15.8. The van der Waals surface area contributed by atoms with Crippen LogP contribution in [0.25, 0.3) is 32.8 Å². The number of piperazine rings is 1. The Hall–Kier alpha value is -4.14. The molecule has 0 amide bonds. The van der Waals surface area contributed by atoms with Gasteiger partial charge in [0.1, 0.15) is 35.2 Å². The predicted molar refractivity (Wildman–Crippen MR) is 168 cm³/mol. The van der Waals surface area contributed by atoms with Crippen LogP contribution in [-0.4, -0.2) is 83.7 Å². The van der Waals surface area contributed by atoms with E-state index >= 15 is 8.78 Å². The number of hydrogen-bond donors (Lipinski definition) is 2. The summed E-state index contributed by atoms with van der Waals surface area (Å²) in [6.07, 6.45) is 6.44. The maximum Gasteiger partial charge on any atom is 0.319 e. The highest BCUT2D eigenvalue weighted by atomic mass is 19.2. The summed E-state index contributed by atoms with van der Waals surface area (Å²) in [5.41, 5.74) is -0.220. The van der Waals surface area contributed by atoms with Crippen molar-refractivity contribution in [1.82, 2.24) is 20.2 Å². The Labute approximate surface area is 263 Å². The highest BCUT2D eigenvalue weighted by Gasteiger charge is 2.47. The van der Waals surface area contributed by atoms with Crippen molar-refractivity contribution in [2.45, 2.75) is 50.1 Å². The number of aromatic nitrogens is 2. The van der Waals surface area contributed by atoms with Crippen molar-refractivity contribution >= 4 is 27.5 Å². The largest absolute Gasteiger partial charge is 0.508 e. The lowest BCUT2D eigenvalue weighted by atomic mass is 9.93. The van der Waals surface area contributed by atoms with Crippen LogP contribution in [0.3, 0.4) is 0 Å². The molecular formula is C35H33F4N5O2. The molecule has 3 aromatic carbocycles. The van der Waals surface area contributed by atoms with Crippen LogP contribution in [0, 0.1) is 29.4 Å². The molecule has 2 N–H and O–H groups in total. The number of aromatic hydroxyl groups is 1. The number of rotatable bonds is 7. The topological polar surface area (TPSA) is 73.8 Å². The summed E-state index contributed by atoms with van der Waals surface area (Å²) in [6.45, 7) is 2.02. The molecule has 0 radical (unpaired) electrons. The number of terminal acetylenes is 1. The van der Waals surface area contributed by atoms with Crippen molar-refractivity contribution in [3.63, 3.8) is 0 Å². The van der Waals surface area contributed by atoms with E-state index < -0.39 is 24.0 Å². The Kier molecular flexibility index (Phi) is 6.99. The molecule has 4 heterocycles. The quantitative estimate of drug-likeness (QED) is 0.206. The second-order valence-corrected chi connectivity index (χ2v) is 13.4. The fraction of sp³-hybridized carbons (Fsp3) is 0.429. The molecule has 2 unspecified atom stereocenters. The minimum absolute atomic E-state index is 0.0469. The van der Waals surface area contributed by atoms with Gasteiger partial charge in [-0.05, 0) is 55.3 Å². The van der Waals surface area contributed by atoms with E-state index in [0.717, 1.165) is 25.7 Å². The van der Waals surface area contributed by atoms with Crippen LogP contribution in [0.4, 0.5) is 23.4 Å². The zero-order chi connectivity index (χ0) is 31.7. The van der Waals surface area contributed by atoms with Crippen LogP contribution < -0.4 is 15.0 Å². The lowest BCUT2D eigenvalue weighted by Crippen LogP contribution is -2.51. The minimum atomic E-state index is -1.49. The molecule has 238 valence electrons. The van der Waals surface area contributed by atoms with Crippen LogP contribution in [0.1, 0.15) is 31.2 Å². The summed E-state index contributed by atoms with van der Waals surface area (Å²) >= 11 is 0. The van der Waals surface area contributed by atoms with E-state index in [9.17, 15) is 13.9 Å². The molecule has 7 nitrogen and oxygen atoms in total. The number of halogens is 4. The maximum absolute atomic E-state index is 16.8. The number of anilines is 1. The minimum Gasteiger partial charge on any atom is -0.508 e. The highest BCUT2D eigenvalue weighted by molar-refractivity contribution is 6.04. The number of nitrogens with one attached hydrogen (secondary N) is 1. The molecular weight excluding hydrogens is 598 g/mol. The van der Waals surface area contributed by atoms with Gasteiger partial charge in [0.05, 0.1) is 12.2 Å². The summed E-state index contributed by atoms with van der Waals surface area (Å²) in [5.74, 6) is 1.07. The summed E-state index contributed by atoms with van der Waals surface area (Å²) in [4.78, 5) is 13.0. The van der Waals surface area contributed by atoms with E-state index in [2.05, 4.69) is 16.2 Å². The summed E-state index contributed by atoms with van der Waals surface area (Å²) in [7, 11) is 0. The second-order valence-electron chi connectivity index (χ2n) is 13.4. The van der Waals surface area contributed by atoms with E-state index in [1.54, 1.807) is 23.1 Å². The van der Waals surface area contributed by atoms with E-state index in [-0.39, 0.29) is 71.0 Å². The van der Waals surface area contributed by atoms with Crippen molar-refractivity contribution in [3.05, 3.63) is 53.6 Å². The molecule has 1 aromatic heterocycles. The van der Waals surface area contributed by atoms with Gasteiger partial charge in [0.15, 0.2) is 5.82 Å². The van der Waals surface area contributed by atoms with E-state index in [1.165, 1.54) is 18.2 Å². The standard InChI is InChI=1S/C35H33F4N5O2/c1-2-19-4-3-5-20-10-23(45)11-24(29(19)20)30-26(36)12-25-32(31(30)39)41-34(42-33(25)44-13-21-6-7-22(14-44)40-21)46-18-35(8-9-35)17-43-15-27(37)28(38)16-43/h1,3-5,10-12,21-22,27-28,40,45H,6-9,13-18H2/t21?,22?,27-,28-/m0/s1. The van der Waals surface area contributed by atoms with Crippen molar-refractivity contribution in [1.29, 1.82) is 0 Å². The van der Waals surface area contributed by atoms with E-state index in [1.807, 2.05) is 4.90 Å². The molecule has 8 rings (SSSR count). The number of ether oxygens (including phenoxy) is 1. The summed E-state index contributed by atoms with van der Waals surface area (Å²) < 4.78 is 66.9. The van der Waals surface area contributed by atoms with Crippen LogP contribution in [0.5, 0.6) is 11.8 Å². The van der Waals surface area contributed by atoms with Crippen molar-refractivity contribution in [2.75, 3.05) is 44.2 Å². The van der Waals surface area contributed by atoms with Gasteiger partial charge in [0.2, 0.25) is 0 Å². The third-order valence-corrected chi connectivity index (χ3v) is 10.0. The van der Waals surface area contributed by atoms with Crippen LogP contribution in [0.2, 0.25) is 0 Å². The smallest absolute Gasteiger partial charge is 0.319 e. The van der Waals surface area contributed by atoms with Gasteiger partial charge >= 0.3 is 6.01 Å². The van der Waals surface area contributed by atoms with Crippen molar-refractivity contribution in [2.24, 2.45) is 5.41 Å². The molecule has 0 spiro atoms. The molecule has 4 atom stereocenters. The molecule has 4 aromatic rings. The number of fused-ring (bicyclic) bond motifs is 4. The summed E-state index contributed by atoms with van der Waals surface area (Å²) in [5, 5.41) is 15.3.